The number of hydrogen-bond acceptors (Lipinski definition) is 2. The summed E-state index contributed by atoms with van der Waals surface area (Å²) in [6.07, 6.45) is 1.67. The Kier molecular flexibility index (Phi) is 2.72. The molecule has 82 valence electrons. The maximum absolute atomic E-state index is 12.0. The number of anilines is 1. The minimum Gasteiger partial charge on any atom is -0.305 e. The molecule has 0 fully saturated rings. The van der Waals surface area contributed by atoms with Gasteiger partial charge in [-0.25, -0.2) is 0 Å². The number of amides is 1. The third-order valence-electron chi connectivity index (χ3n) is 2.45. The standard InChI is InChI=1S/C12H13N3O/c1-8-4-3-5-9(2)11(8)12(16)14-10-6-7-13-15-10/h3-7H,1-2H3,(H2,13,14,15,16). The van der Waals surface area contributed by atoms with Crippen molar-refractivity contribution in [1.29, 1.82) is 0 Å². The quantitative estimate of drug-likeness (QED) is 0.807. The predicted molar refractivity (Wildman–Crippen MR) is 62.5 cm³/mol. The number of carbonyl (C=O) groups excluding carboxylic acids is 1. The molecule has 4 nitrogen and oxygen atoms in total. The van der Waals surface area contributed by atoms with Crippen molar-refractivity contribution < 1.29 is 4.79 Å². The van der Waals surface area contributed by atoms with E-state index in [1.807, 2.05) is 32.0 Å². The number of aryl methyl sites for hydroxylation is 2. The van der Waals surface area contributed by atoms with Crippen molar-refractivity contribution in [3.63, 3.8) is 0 Å². The molecule has 0 aliphatic heterocycles. The third-order valence-corrected chi connectivity index (χ3v) is 2.45. The van der Waals surface area contributed by atoms with Gasteiger partial charge in [-0.15, -0.1) is 0 Å². The van der Waals surface area contributed by atoms with Crippen LogP contribution in [0.15, 0.2) is 30.5 Å². The molecule has 0 aliphatic carbocycles. The van der Waals surface area contributed by atoms with Gasteiger partial charge in [0, 0.05) is 17.8 Å². The lowest BCUT2D eigenvalue weighted by atomic mass is 10.0. The summed E-state index contributed by atoms with van der Waals surface area (Å²) in [6, 6.07) is 7.50. The first kappa shape index (κ1) is 10.4. The lowest BCUT2D eigenvalue weighted by Crippen LogP contribution is -2.15. The molecule has 0 saturated carbocycles. The average molecular weight is 215 g/mol. The molecule has 0 bridgehead atoms. The van der Waals surface area contributed by atoms with Gasteiger partial charge in [-0.2, -0.15) is 5.10 Å². The van der Waals surface area contributed by atoms with E-state index in [1.54, 1.807) is 12.3 Å². The van der Waals surface area contributed by atoms with Crippen molar-refractivity contribution in [2.75, 3.05) is 5.32 Å². The second-order valence-corrected chi connectivity index (χ2v) is 3.68. The van der Waals surface area contributed by atoms with Crippen molar-refractivity contribution >= 4 is 11.7 Å². The zero-order valence-corrected chi connectivity index (χ0v) is 9.24. The van der Waals surface area contributed by atoms with E-state index in [1.165, 1.54) is 0 Å². The Morgan fingerprint density at radius 3 is 2.50 bits per heavy atom. The summed E-state index contributed by atoms with van der Waals surface area (Å²) in [5.41, 5.74) is 2.64. The number of H-pyrrole nitrogens is 1. The van der Waals surface area contributed by atoms with Crippen LogP contribution in [0.1, 0.15) is 21.5 Å². The first-order valence-electron chi connectivity index (χ1n) is 5.06. The summed E-state index contributed by atoms with van der Waals surface area (Å²) < 4.78 is 0. The lowest BCUT2D eigenvalue weighted by Gasteiger charge is -2.08. The number of aromatic amines is 1. The van der Waals surface area contributed by atoms with Crippen LogP contribution in [0.25, 0.3) is 0 Å². The highest BCUT2D eigenvalue weighted by Crippen LogP contribution is 2.14. The predicted octanol–water partition coefficient (Wildman–Crippen LogP) is 2.28. The molecule has 1 aromatic carbocycles. The molecule has 16 heavy (non-hydrogen) atoms. The number of nitrogens with one attached hydrogen (secondary N) is 2. The van der Waals surface area contributed by atoms with Gasteiger partial charge in [-0.05, 0) is 25.0 Å². The second-order valence-electron chi connectivity index (χ2n) is 3.68. The van der Waals surface area contributed by atoms with Crippen LogP contribution in [0.2, 0.25) is 0 Å². The number of nitrogens with zero attached hydrogens (tertiary/aromatic N) is 1. The normalized spacial score (nSPS) is 10.1. The van der Waals surface area contributed by atoms with E-state index < -0.39 is 0 Å². The van der Waals surface area contributed by atoms with Gasteiger partial charge in [-0.3, -0.25) is 9.89 Å². The number of aromatic nitrogens is 2. The SMILES string of the molecule is Cc1cccc(C)c1C(=O)Nc1cc[nH]n1. The van der Waals surface area contributed by atoms with Gasteiger partial charge in [0.25, 0.3) is 5.91 Å². The van der Waals surface area contributed by atoms with Gasteiger partial charge < -0.3 is 5.32 Å². The fourth-order valence-electron chi connectivity index (χ4n) is 1.68. The molecule has 1 amide bonds. The van der Waals surface area contributed by atoms with Crippen LogP contribution in [0.4, 0.5) is 5.82 Å². The van der Waals surface area contributed by atoms with Gasteiger partial charge in [0.15, 0.2) is 5.82 Å². The number of carbonyl (C=O) groups is 1. The zero-order chi connectivity index (χ0) is 11.5. The maximum atomic E-state index is 12.0. The second kappa shape index (κ2) is 4.18. The number of benzene rings is 1. The van der Waals surface area contributed by atoms with E-state index in [-0.39, 0.29) is 5.91 Å². The minimum absolute atomic E-state index is 0.122. The Morgan fingerprint density at radius 1 is 1.25 bits per heavy atom. The van der Waals surface area contributed by atoms with Crippen molar-refractivity contribution in [2.45, 2.75) is 13.8 Å². The van der Waals surface area contributed by atoms with E-state index in [2.05, 4.69) is 15.5 Å². The largest absolute Gasteiger partial charge is 0.305 e. The number of hydrogen-bond donors (Lipinski definition) is 2. The van der Waals surface area contributed by atoms with Crippen molar-refractivity contribution in [3.05, 3.63) is 47.2 Å². The molecule has 0 radical (unpaired) electrons. The van der Waals surface area contributed by atoms with Crippen LogP contribution < -0.4 is 5.32 Å². The Labute approximate surface area is 93.7 Å². The molecular formula is C12H13N3O. The highest BCUT2D eigenvalue weighted by atomic mass is 16.1. The summed E-state index contributed by atoms with van der Waals surface area (Å²) in [5.74, 6) is 0.412. The summed E-state index contributed by atoms with van der Waals surface area (Å²) in [7, 11) is 0. The molecule has 0 spiro atoms. The highest BCUT2D eigenvalue weighted by Gasteiger charge is 2.12. The fraction of sp³-hybridized carbons (Fsp3) is 0.167. The molecule has 4 heteroatoms. The van der Waals surface area contributed by atoms with Crippen molar-refractivity contribution in [1.82, 2.24) is 10.2 Å². The molecule has 0 saturated heterocycles. The first-order chi connectivity index (χ1) is 7.68. The van der Waals surface area contributed by atoms with Gasteiger partial charge in [0.05, 0.1) is 0 Å². The Morgan fingerprint density at radius 2 is 1.94 bits per heavy atom. The smallest absolute Gasteiger partial charge is 0.257 e. The van der Waals surface area contributed by atoms with Crippen LogP contribution in [-0.2, 0) is 0 Å². The topological polar surface area (TPSA) is 57.8 Å². The van der Waals surface area contributed by atoms with Gasteiger partial charge in [0.1, 0.15) is 0 Å². The fourth-order valence-corrected chi connectivity index (χ4v) is 1.68. The van der Waals surface area contributed by atoms with E-state index in [0.29, 0.717) is 11.4 Å². The average Bonchev–Trinajstić information content (AvgIpc) is 2.70. The van der Waals surface area contributed by atoms with Gasteiger partial charge in [0.2, 0.25) is 0 Å². The van der Waals surface area contributed by atoms with Gasteiger partial charge >= 0.3 is 0 Å². The molecule has 0 atom stereocenters. The summed E-state index contributed by atoms with van der Waals surface area (Å²) in [4.78, 5) is 12.0. The molecule has 2 N–H and O–H groups in total. The van der Waals surface area contributed by atoms with Crippen LogP contribution in [0.5, 0.6) is 0 Å². The molecule has 0 unspecified atom stereocenters. The first-order valence-corrected chi connectivity index (χ1v) is 5.06. The zero-order valence-electron chi connectivity index (χ0n) is 9.24. The Balaban J connectivity index is 2.28. The van der Waals surface area contributed by atoms with Crippen LogP contribution >= 0.6 is 0 Å². The van der Waals surface area contributed by atoms with E-state index >= 15 is 0 Å². The maximum Gasteiger partial charge on any atom is 0.257 e. The minimum atomic E-state index is -0.122. The molecule has 1 heterocycles. The van der Waals surface area contributed by atoms with Gasteiger partial charge in [-0.1, -0.05) is 18.2 Å². The van der Waals surface area contributed by atoms with Crippen LogP contribution in [0, 0.1) is 13.8 Å². The van der Waals surface area contributed by atoms with E-state index in [4.69, 9.17) is 0 Å². The third kappa shape index (κ3) is 1.95. The van der Waals surface area contributed by atoms with Crippen molar-refractivity contribution in [3.8, 4) is 0 Å². The monoisotopic (exact) mass is 215 g/mol. The summed E-state index contributed by atoms with van der Waals surface area (Å²) in [5, 5.41) is 9.27. The van der Waals surface area contributed by atoms with Crippen LogP contribution in [-0.4, -0.2) is 16.1 Å². The lowest BCUT2D eigenvalue weighted by molar-refractivity contribution is 0.102. The summed E-state index contributed by atoms with van der Waals surface area (Å²) in [6.45, 7) is 3.85. The summed E-state index contributed by atoms with van der Waals surface area (Å²) >= 11 is 0. The van der Waals surface area contributed by atoms with Crippen LogP contribution in [0.3, 0.4) is 0 Å². The van der Waals surface area contributed by atoms with E-state index in [0.717, 1.165) is 11.1 Å². The Bertz CT molecular complexity index is 483. The molecular weight excluding hydrogens is 202 g/mol. The van der Waals surface area contributed by atoms with Crippen molar-refractivity contribution in [2.24, 2.45) is 0 Å². The Hall–Kier alpha value is -2.10. The van der Waals surface area contributed by atoms with E-state index in [9.17, 15) is 4.79 Å². The number of rotatable bonds is 2. The molecule has 0 aliphatic rings. The molecule has 1 aromatic heterocycles. The molecule has 2 aromatic rings. The highest BCUT2D eigenvalue weighted by molar-refractivity contribution is 6.05. The molecule has 2 rings (SSSR count).